The largest absolute Gasteiger partial charge is 0.490 e. The van der Waals surface area contributed by atoms with E-state index in [1.54, 1.807) is 6.92 Å². The summed E-state index contributed by atoms with van der Waals surface area (Å²) in [6.07, 6.45) is 2.20. The first-order valence-corrected chi connectivity index (χ1v) is 8.78. The summed E-state index contributed by atoms with van der Waals surface area (Å²) in [5.41, 5.74) is 0. The topological polar surface area (TPSA) is 75.8 Å². The molecule has 2 heterocycles. The van der Waals surface area contributed by atoms with Crippen LogP contribution in [-0.2, 0) is 6.54 Å². The maximum Gasteiger partial charge on any atom is 0.223 e. The SMILES string of the molecule is CCNC(=NCc1noc(C)n1)N1CCC(Oc2ccccc2)CC1.I. The highest BCUT2D eigenvalue weighted by Crippen LogP contribution is 2.18. The van der Waals surface area contributed by atoms with Gasteiger partial charge in [0.25, 0.3) is 0 Å². The van der Waals surface area contributed by atoms with Crippen LogP contribution in [0.2, 0.25) is 0 Å². The summed E-state index contributed by atoms with van der Waals surface area (Å²) in [7, 11) is 0. The van der Waals surface area contributed by atoms with E-state index in [2.05, 4.69) is 32.3 Å². The summed E-state index contributed by atoms with van der Waals surface area (Å²) in [5.74, 6) is 3.00. The highest BCUT2D eigenvalue weighted by molar-refractivity contribution is 14.0. The third-order valence-corrected chi connectivity index (χ3v) is 4.06. The Bertz CT molecular complexity index is 684. The Morgan fingerprint density at radius 2 is 2.04 bits per heavy atom. The Balaban J connectivity index is 0.00000243. The Morgan fingerprint density at radius 1 is 1.31 bits per heavy atom. The lowest BCUT2D eigenvalue weighted by Crippen LogP contribution is -2.47. The summed E-state index contributed by atoms with van der Waals surface area (Å²) in [6.45, 7) is 6.91. The van der Waals surface area contributed by atoms with E-state index in [1.165, 1.54) is 0 Å². The second-order valence-corrected chi connectivity index (χ2v) is 6.02. The Hall–Kier alpha value is -1.84. The van der Waals surface area contributed by atoms with Crippen LogP contribution in [0.4, 0.5) is 0 Å². The maximum absolute atomic E-state index is 6.06. The number of aromatic nitrogens is 2. The first-order chi connectivity index (χ1) is 12.2. The summed E-state index contributed by atoms with van der Waals surface area (Å²) in [5, 5.41) is 7.24. The normalized spacial score (nSPS) is 15.5. The smallest absolute Gasteiger partial charge is 0.223 e. The van der Waals surface area contributed by atoms with Crippen molar-refractivity contribution >= 4 is 29.9 Å². The first-order valence-electron chi connectivity index (χ1n) is 8.78. The number of guanidine groups is 1. The van der Waals surface area contributed by atoms with E-state index < -0.39 is 0 Å². The molecule has 3 rings (SSSR count). The number of nitrogens with zero attached hydrogens (tertiary/aromatic N) is 4. The average molecular weight is 471 g/mol. The minimum Gasteiger partial charge on any atom is -0.490 e. The molecule has 1 aromatic carbocycles. The van der Waals surface area contributed by atoms with Gasteiger partial charge in [0.15, 0.2) is 11.8 Å². The van der Waals surface area contributed by atoms with Crippen molar-refractivity contribution in [2.75, 3.05) is 19.6 Å². The molecule has 1 fully saturated rings. The Morgan fingerprint density at radius 3 is 2.65 bits per heavy atom. The standard InChI is InChI=1S/C18H25N5O2.HI/c1-3-19-18(20-13-17-21-14(2)25-22-17)23-11-9-16(10-12-23)24-15-7-5-4-6-8-15;/h4-8,16H,3,9-13H2,1-2H3,(H,19,20);1H. The molecule has 2 aromatic rings. The molecule has 1 aliphatic heterocycles. The first kappa shape index (κ1) is 20.5. The zero-order chi connectivity index (χ0) is 17.5. The second kappa shape index (κ2) is 10.3. The van der Waals surface area contributed by atoms with E-state index in [-0.39, 0.29) is 30.1 Å². The number of piperidine rings is 1. The van der Waals surface area contributed by atoms with Crippen LogP contribution < -0.4 is 10.1 Å². The van der Waals surface area contributed by atoms with Crippen molar-refractivity contribution in [2.24, 2.45) is 4.99 Å². The van der Waals surface area contributed by atoms with Crippen molar-refractivity contribution in [2.45, 2.75) is 39.3 Å². The van der Waals surface area contributed by atoms with Crippen molar-refractivity contribution in [3.8, 4) is 5.75 Å². The molecule has 0 unspecified atom stereocenters. The number of para-hydroxylation sites is 1. The van der Waals surface area contributed by atoms with Gasteiger partial charge in [-0.1, -0.05) is 23.4 Å². The average Bonchev–Trinajstić information content (AvgIpc) is 3.06. The van der Waals surface area contributed by atoms with Crippen LogP contribution in [0.5, 0.6) is 5.75 Å². The quantitative estimate of drug-likeness (QED) is 0.411. The molecule has 7 nitrogen and oxygen atoms in total. The van der Waals surface area contributed by atoms with Crippen LogP contribution in [0.15, 0.2) is 39.8 Å². The van der Waals surface area contributed by atoms with Crippen molar-refractivity contribution in [3.05, 3.63) is 42.0 Å². The van der Waals surface area contributed by atoms with Crippen molar-refractivity contribution in [1.82, 2.24) is 20.4 Å². The van der Waals surface area contributed by atoms with Gasteiger partial charge >= 0.3 is 0 Å². The van der Waals surface area contributed by atoms with Crippen LogP contribution in [-0.4, -0.2) is 46.7 Å². The van der Waals surface area contributed by atoms with Gasteiger partial charge in [-0.15, -0.1) is 24.0 Å². The predicted molar refractivity (Wildman–Crippen MR) is 111 cm³/mol. The van der Waals surface area contributed by atoms with Gasteiger partial charge in [-0.25, -0.2) is 4.99 Å². The number of halogens is 1. The van der Waals surface area contributed by atoms with E-state index in [9.17, 15) is 0 Å². The van der Waals surface area contributed by atoms with Gasteiger partial charge in [0.2, 0.25) is 5.89 Å². The fourth-order valence-electron chi connectivity index (χ4n) is 2.85. The lowest BCUT2D eigenvalue weighted by atomic mass is 10.1. The number of ether oxygens (including phenoxy) is 1. The monoisotopic (exact) mass is 471 g/mol. The molecule has 8 heteroatoms. The minimum absolute atomic E-state index is 0. The Labute approximate surface area is 171 Å². The number of hydrogen-bond acceptors (Lipinski definition) is 5. The molecule has 0 spiro atoms. The summed E-state index contributed by atoms with van der Waals surface area (Å²) >= 11 is 0. The lowest BCUT2D eigenvalue weighted by molar-refractivity contribution is 0.129. The molecule has 1 aliphatic rings. The molecule has 0 aliphatic carbocycles. The molecule has 0 amide bonds. The van der Waals surface area contributed by atoms with Gasteiger partial charge < -0.3 is 19.5 Å². The third-order valence-electron chi connectivity index (χ3n) is 4.06. The highest BCUT2D eigenvalue weighted by atomic mass is 127. The zero-order valence-electron chi connectivity index (χ0n) is 15.2. The summed E-state index contributed by atoms with van der Waals surface area (Å²) in [6, 6.07) is 10.0. The van der Waals surface area contributed by atoms with Crippen LogP contribution in [0.3, 0.4) is 0 Å². The van der Waals surface area contributed by atoms with Crippen LogP contribution >= 0.6 is 24.0 Å². The van der Waals surface area contributed by atoms with E-state index in [0.29, 0.717) is 18.3 Å². The van der Waals surface area contributed by atoms with Crippen molar-refractivity contribution < 1.29 is 9.26 Å². The van der Waals surface area contributed by atoms with Crippen LogP contribution in [0.1, 0.15) is 31.5 Å². The van der Waals surface area contributed by atoms with Crippen LogP contribution in [0.25, 0.3) is 0 Å². The number of likely N-dealkylation sites (tertiary alicyclic amines) is 1. The van der Waals surface area contributed by atoms with Gasteiger partial charge in [0.1, 0.15) is 18.4 Å². The predicted octanol–water partition coefficient (Wildman–Crippen LogP) is 3.00. The molecule has 1 saturated heterocycles. The van der Waals surface area contributed by atoms with Gasteiger partial charge in [-0.05, 0) is 19.1 Å². The molecule has 26 heavy (non-hydrogen) atoms. The van der Waals surface area contributed by atoms with Gasteiger partial charge in [0.05, 0.1) is 0 Å². The fraction of sp³-hybridized carbons (Fsp3) is 0.500. The number of hydrogen-bond donors (Lipinski definition) is 1. The summed E-state index contributed by atoms with van der Waals surface area (Å²) in [4.78, 5) is 11.1. The molecular weight excluding hydrogens is 445 g/mol. The van der Waals surface area contributed by atoms with Gasteiger partial charge in [-0.3, -0.25) is 0 Å². The fourth-order valence-corrected chi connectivity index (χ4v) is 2.85. The molecule has 1 N–H and O–H groups in total. The molecule has 0 radical (unpaired) electrons. The van der Waals surface area contributed by atoms with E-state index >= 15 is 0 Å². The highest BCUT2D eigenvalue weighted by Gasteiger charge is 2.22. The lowest BCUT2D eigenvalue weighted by Gasteiger charge is -2.34. The van der Waals surface area contributed by atoms with E-state index in [0.717, 1.165) is 44.2 Å². The molecule has 0 atom stereocenters. The maximum atomic E-state index is 6.06. The number of nitrogens with one attached hydrogen (secondary N) is 1. The third kappa shape index (κ3) is 5.86. The zero-order valence-corrected chi connectivity index (χ0v) is 17.6. The summed E-state index contributed by atoms with van der Waals surface area (Å²) < 4.78 is 11.0. The second-order valence-electron chi connectivity index (χ2n) is 6.02. The number of benzene rings is 1. The van der Waals surface area contributed by atoms with E-state index in [4.69, 9.17) is 9.26 Å². The van der Waals surface area contributed by atoms with Gasteiger partial charge in [0, 0.05) is 39.4 Å². The van der Waals surface area contributed by atoms with Crippen LogP contribution in [0, 0.1) is 6.92 Å². The van der Waals surface area contributed by atoms with Crippen molar-refractivity contribution in [3.63, 3.8) is 0 Å². The molecular formula is C18H26IN5O2. The number of rotatable bonds is 5. The van der Waals surface area contributed by atoms with E-state index in [1.807, 2.05) is 30.3 Å². The number of aryl methyl sites for hydroxylation is 1. The Kier molecular flexibility index (Phi) is 8.14. The van der Waals surface area contributed by atoms with Crippen molar-refractivity contribution in [1.29, 1.82) is 0 Å². The minimum atomic E-state index is 0. The number of aliphatic imine (C=N–C) groups is 1. The van der Waals surface area contributed by atoms with Gasteiger partial charge in [-0.2, -0.15) is 4.98 Å². The molecule has 1 aromatic heterocycles. The molecule has 0 saturated carbocycles. The molecule has 0 bridgehead atoms. The molecule has 142 valence electrons.